The zero-order valence-electron chi connectivity index (χ0n) is 9.38. The zero-order valence-corrected chi connectivity index (χ0v) is 10.2. The van der Waals surface area contributed by atoms with Gasteiger partial charge in [-0.15, -0.1) is 0 Å². The second kappa shape index (κ2) is 5.99. The van der Waals surface area contributed by atoms with Crippen molar-refractivity contribution >= 4 is 11.8 Å². The number of nitrogens with one attached hydrogen (secondary N) is 1. The van der Waals surface area contributed by atoms with E-state index in [0.29, 0.717) is 0 Å². The van der Waals surface area contributed by atoms with Crippen molar-refractivity contribution < 1.29 is 5.11 Å². The van der Waals surface area contributed by atoms with Crippen LogP contribution in [0.4, 0.5) is 0 Å². The van der Waals surface area contributed by atoms with Crippen LogP contribution in [0.15, 0.2) is 0 Å². The first-order valence-corrected chi connectivity index (χ1v) is 6.72. The summed E-state index contributed by atoms with van der Waals surface area (Å²) < 4.78 is 0. The van der Waals surface area contributed by atoms with Crippen molar-refractivity contribution in [1.82, 2.24) is 5.32 Å². The summed E-state index contributed by atoms with van der Waals surface area (Å²) in [7, 11) is 1.98. The predicted molar refractivity (Wildman–Crippen MR) is 63.9 cm³/mol. The minimum atomic E-state index is 0.0175. The summed E-state index contributed by atoms with van der Waals surface area (Å²) in [4.78, 5) is 0. The molecule has 1 fully saturated rings. The molecular weight excluding hydrogens is 194 g/mol. The van der Waals surface area contributed by atoms with Crippen LogP contribution in [0.5, 0.6) is 0 Å². The van der Waals surface area contributed by atoms with Crippen LogP contribution >= 0.6 is 11.8 Å². The predicted octanol–water partition coefficient (Wildman–Crippen LogP) is 2.02. The summed E-state index contributed by atoms with van der Waals surface area (Å²) in [6.07, 6.45) is 6.09. The first-order chi connectivity index (χ1) is 6.76. The molecule has 2 nitrogen and oxygen atoms in total. The van der Waals surface area contributed by atoms with E-state index in [-0.39, 0.29) is 12.1 Å². The molecule has 0 aromatic rings. The van der Waals surface area contributed by atoms with Crippen molar-refractivity contribution in [2.75, 3.05) is 19.4 Å². The summed E-state index contributed by atoms with van der Waals surface area (Å²) in [6, 6.07) is 0. The Hall–Kier alpha value is 0.270. The third kappa shape index (κ3) is 3.14. The molecule has 3 heteroatoms. The number of hydrogen-bond acceptors (Lipinski definition) is 3. The van der Waals surface area contributed by atoms with E-state index in [1.54, 1.807) is 0 Å². The smallest absolute Gasteiger partial charge is 0.0613 e. The van der Waals surface area contributed by atoms with Gasteiger partial charge in [0.15, 0.2) is 0 Å². The lowest BCUT2D eigenvalue weighted by Gasteiger charge is -2.39. The number of rotatable bonds is 5. The van der Waals surface area contributed by atoms with Crippen LogP contribution in [0.3, 0.4) is 0 Å². The van der Waals surface area contributed by atoms with Gasteiger partial charge in [-0.2, -0.15) is 11.8 Å². The van der Waals surface area contributed by atoms with Crippen LogP contribution in [-0.2, 0) is 0 Å². The Labute approximate surface area is 91.9 Å². The van der Waals surface area contributed by atoms with Crippen molar-refractivity contribution in [3.8, 4) is 0 Å². The standard InChI is InChI=1S/C11H23NOS/c1-3-7-14-10-5-4-6-11(8-10,9-13)12-2/h10,12-13H,3-9H2,1-2H3. The van der Waals surface area contributed by atoms with Crippen LogP contribution in [0.2, 0.25) is 0 Å². The van der Waals surface area contributed by atoms with Gasteiger partial charge in [-0.05, 0) is 38.5 Å². The van der Waals surface area contributed by atoms with Gasteiger partial charge in [0.25, 0.3) is 0 Å². The molecule has 1 aliphatic carbocycles. The Bertz CT molecular complexity index is 159. The molecule has 0 amide bonds. The van der Waals surface area contributed by atoms with Gasteiger partial charge < -0.3 is 10.4 Å². The van der Waals surface area contributed by atoms with Crippen LogP contribution in [0, 0.1) is 0 Å². The summed E-state index contributed by atoms with van der Waals surface area (Å²) in [5, 5.41) is 13.5. The monoisotopic (exact) mass is 217 g/mol. The summed E-state index contributed by atoms with van der Waals surface area (Å²) >= 11 is 2.08. The number of hydrogen-bond donors (Lipinski definition) is 2. The first kappa shape index (κ1) is 12.3. The molecule has 2 atom stereocenters. The van der Waals surface area contributed by atoms with Gasteiger partial charge in [-0.25, -0.2) is 0 Å². The summed E-state index contributed by atoms with van der Waals surface area (Å²) in [6.45, 7) is 2.51. The van der Waals surface area contributed by atoms with Gasteiger partial charge in [-0.1, -0.05) is 13.3 Å². The molecule has 0 heterocycles. The average Bonchev–Trinajstić information content (AvgIpc) is 2.26. The maximum Gasteiger partial charge on any atom is 0.0613 e. The Balaban J connectivity index is 2.41. The fourth-order valence-corrected chi connectivity index (χ4v) is 3.52. The number of likely N-dealkylation sites (N-methyl/N-ethyl adjacent to an activating group) is 1. The molecule has 0 spiro atoms. The van der Waals surface area contributed by atoms with Gasteiger partial charge in [0, 0.05) is 10.8 Å². The van der Waals surface area contributed by atoms with Crippen LogP contribution in [0.1, 0.15) is 39.0 Å². The van der Waals surface area contributed by atoms with Crippen molar-refractivity contribution in [1.29, 1.82) is 0 Å². The highest BCUT2D eigenvalue weighted by Gasteiger charge is 2.34. The molecule has 0 aromatic carbocycles. The molecule has 84 valence electrons. The maximum absolute atomic E-state index is 9.41. The molecular formula is C11H23NOS. The van der Waals surface area contributed by atoms with Crippen molar-refractivity contribution in [3.05, 3.63) is 0 Å². The van der Waals surface area contributed by atoms with Gasteiger partial charge in [0.05, 0.1) is 6.61 Å². The largest absolute Gasteiger partial charge is 0.394 e. The second-order valence-electron chi connectivity index (χ2n) is 4.28. The topological polar surface area (TPSA) is 32.3 Å². The van der Waals surface area contributed by atoms with Crippen molar-refractivity contribution in [3.63, 3.8) is 0 Å². The summed E-state index contributed by atoms with van der Waals surface area (Å²) in [5.41, 5.74) is 0.0175. The third-order valence-electron chi connectivity index (χ3n) is 3.19. The van der Waals surface area contributed by atoms with E-state index < -0.39 is 0 Å². The van der Waals surface area contributed by atoms with Gasteiger partial charge in [-0.3, -0.25) is 0 Å². The fraction of sp³-hybridized carbons (Fsp3) is 1.00. The lowest BCUT2D eigenvalue weighted by Crippen LogP contribution is -2.50. The molecule has 0 bridgehead atoms. The Morgan fingerprint density at radius 3 is 2.93 bits per heavy atom. The minimum Gasteiger partial charge on any atom is -0.394 e. The molecule has 0 aliphatic heterocycles. The minimum absolute atomic E-state index is 0.0175. The highest BCUT2D eigenvalue weighted by atomic mass is 32.2. The van der Waals surface area contributed by atoms with Crippen molar-refractivity contribution in [2.45, 2.75) is 49.8 Å². The van der Waals surface area contributed by atoms with Crippen LogP contribution in [-0.4, -0.2) is 35.3 Å². The van der Waals surface area contributed by atoms with E-state index >= 15 is 0 Å². The molecule has 14 heavy (non-hydrogen) atoms. The Kier molecular flexibility index (Phi) is 5.28. The molecule has 2 unspecified atom stereocenters. The molecule has 2 N–H and O–H groups in total. The van der Waals surface area contributed by atoms with E-state index in [1.165, 1.54) is 25.0 Å². The highest BCUT2D eigenvalue weighted by molar-refractivity contribution is 7.99. The van der Waals surface area contributed by atoms with E-state index in [9.17, 15) is 5.11 Å². The van der Waals surface area contributed by atoms with Gasteiger partial charge >= 0.3 is 0 Å². The Morgan fingerprint density at radius 1 is 1.57 bits per heavy atom. The maximum atomic E-state index is 9.41. The quantitative estimate of drug-likeness (QED) is 0.739. The number of aliphatic hydroxyl groups is 1. The fourth-order valence-electron chi connectivity index (χ4n) is 2.18. The van der Waals surface area contributed by atoms with E-state index in [4.69, 9.17) is 0 Å². The third-order valence-corrected chi connectivity index (χ3v) is 4.71. The van der Waals surface area contributed by atoms with Crippen LogP contribution in [0.25, 0.3) is 0 Å². The van der Waals surface area contributed by atoms with E-state index in [1.807, 2.05) is 7.05 Å². The average molecular weight is 217 g/mol. The highest BCUT2D eigenvalue weighted by Crippen LogP contribution is 2.34. The molecule has 0 aromatic heterocycles. The Morgan fingerprint density at radius 2 is 2.36 bits per heavy atom. The van der Waals surface area contributed by atoms with E-state index in [0.717, 1.165) is 18.1 Å². The summed E-state index contributed by atoms with van der Waals surface area (Å²) in [5.74, 6) is 1.26. The van der Waals surface area contributed by atoms with Gasteiger partial charge in [0.2, 0.25) is 0 Å². The second-order valence-corrected chi connectivity index (χ2v) is 5.69. The normalized spacial score (nSPS) is 33.2. The lowest BCUT2D eigenvalue weighted by molar-refractivity contribution is 0.131. The van der Waals surface area contributed by atoms with E-state index in [2.05, 4.69) is 24.0 Å². The number of thioether (sulfide) groups is 1. The molecule has 1 rings (SSSR count). The lowest BCUT2D eigenvalue weighted by atomic mass is 9.82. The van der Waals surface area contributed by atoms with Crippen LogP contribution < -0.4 is 5.32 Å². The molecule has 1 aliphatic rings. The number of aliphatic hydroxyl groups excluding tert-OH is 1. The van der Waals surface area contributed by atoms with Gasteiger partial charge in [0.1, 0.15) is 0 Å². The SMILES string of the molecule is CCCSC1CCCC(CO)(NC)C1. The first-order valence-electron chi connectivity index (χ1n) is 5.67. The molecule has 0 saturated heterocycles. The molecule has 1 saturated carbocycles. The van der Waals surface area contributed by atoms with Crippen molar-refractivity contribution in [2.24, 2.45) is 0 Å². The molecule has 0 radical (unpaired) electrons. The zero-order chi connectivity index (χ0) is 10.4.